The van der Waals surface area contributed by atoms with Gasteiger partial charge in [-0.1, -0.05) is 56.2 Å². The van der Waals surface area contributed by atoms with E-state index in [9.17, 15) is 13.2 Å². The number of alkyl halides is 2. The molecule has 0 N–H and O–H groups in total. The smallest absolute Gasteiger partial charge is 0.308 e. The van der Waals surface area contributed by atoms with Crippen LogP contribution in [0.3, 0.4) is 0 Å². The first-order valence-corrected chi connectivity index (χ1v) is 10.8. The third kappa shape index (κ3) is 4.09. The predicted molar refractivity (Wildman–Crippen MR) is 109 cm³/mol. The maximum atomic E-state index is 14.6. The molecule has 1 heterocycles. The second-order valence-corrected chi connectivity index (χ2v) is 8.73. The number of aryl methyl sites for hydroxylation is 1. The Hall–Kier alpha value is -1.81. The van der Waals surface area contributed by atoms with Gasteiger partial charge in [0.2, 0.25) is 0 Å². The molecule has 1 unspecified atom stereocenters. The van der Waals surface area contributed by atoms with Gasteiger partial charge < -0.3 is 4.74 Å². The number of ether oxygens (including phenoxy) is 1. The zero-order valence-electron chi connectivity index (χ0n) is 17.2. The van der Waals surface area contributed by atoms with Crippen LogP contribution in [0.15, 0.2) is 36.4 Å². The van der Waals surface area contributed by atoms with E-state index in [1.54, 1.807) is 12.1 Å². The minimum atomic E-state index is -3.62. The van der Waals surface area contributed by atoms with Crippen molar-refractivity contribution in [3.63, 3.8) is 0 Å². The summed E-state index contributed by atoms with van der Waals surface area (Å²) in [5, 5.41) is 0. The second-order valence-electron chi connectivity index (χ2n) is 8.73. The minimum absolute atomic E-state index is 0.212. The normalized spacial score (nSPS) is 26.2. The summed E-state index contributed by atoms with van der Waals surface area (Å²) >= 11 is 0. The number of fused-ring (bicyclic) bond motifs is 1. The molecule has 4 heteroatoms. The Labute approximate surface area is 171 Å². The van der Waals surface area contributed by atoms with Crippen molar-refractivity contribution in [2.24, 2.45) is 5.92 Å². The molecule has 0 spiro atoms. The van der Waals surface area contributed by atoms with E-state index in [-0.39, 0.29) is 12.0 Å². The molecule has 0 aromatic heterocycles. The van der Waals surface area contributed by atoms with E-state index in [1.807, 2.05) is 12.1 Å². The Bertz CT molecular complexity index is 851. The molecule has 4 rings (SSSR count). The summed E-state index contributed by atoms with van der Waals surface area (Å²) in [6.07, 6.45) is 3.40. The van der Waals surface area contributed by atoms with Gasteiger partial charge in [0.15, 0.2) is 0 Å². The molecular weight excluding hydrogens is 373 g/mol. The lowest BCUT2D eigenvalue weighted by molar-refractivity contribution is -0.284. The largest absolute Gasteiger partial charge is 0.387 e. The predicted octanol–water partition coefficient (Wildman–Crippen LogP) is 7.57. The number of benzene rings is 2. The first-order valence-electron chi connectivity index (χ1n) is 10.8. The number of halogens is 3. The van der Waals surface area contributed by atoms with Crippen LogP contribution in [0, 0.1) is 18.7 Å². The first kappa shape index (κ1) is 20.5. The van der Waals surface area contributed by atoms with Crippen molar-refractivity contribution in [1.29, 1.82) is 0 Å². The van der Waals surface area contributed by atoms with Gasteiger partial charge in [-0.3, -0.25) is 0 Å². The maximum Gasteiger partial charge on any atom is 0.387 e. The van der Waals surface area contributed by atoms with Crippen molar-refractivity contribution in [2.75, 3.05) is 0 Å². The maximum absolute atomic E-state index is 14.6. The molecule has 1 atom stereocenters. The highest BCUT2D eigenvalue weighted by atomic mass is 19.3. The molecule has 2 aliphatic rings. The summed E-state index contributed by atoms with van der Waals surface area (Å²) in [7, 11) is 0. The van der Waals surface area contributed by atoms with Gasteiger partial charge in [-0.2, -0.15) is 8.78 Å². The Morgan fingerprint density at radius 3 is 2.28 bits per heavy atom. The molecule has 0 saturated heterocycles. The van der Waals surface area contributed by atoms with Crippen molar-refractivity contribution < 1.29 is 17.9 Å². The van der Waals surface area contributed by atoms with Crippen LogP contribution < -0.4 is 0 Å². The SMILES string of the molecule is CCCC1CCC(c2ccc(C3Cc4ccc(C)c(F)c4C(F)(F)O3)cc2)CC1. The number of rotatable bonds is 4. The third-order valence-corrected chi connectivity index (χ3v) is 6.73. The molecular formula is C25H29F3O. The van der Waals surface area contributed by atoms with E-state index in [0.717, 1.165) is 11.5 Å². The highest BCUT2D eigenvalue weighted by Gasteiger charge is 2.45. The van der Waals surface area contributed by atoms with Crippen LogP contribution in [0.2, 0.25) is 0 Å². The van der Waals surface area contributed by atoms with E-state index in [2.05, 4.69) is 19.1 Å². The highest BCUT2D eigenvalue weighted by molar-refractivity contribution is 5.39. The lowest BCUT2D eigenvalue weighted by atomic mass is 9.77. The quantitative estimate of drug-likeness (QED) is 0.512. The average Bonchev–Trinajstić information content (AvgIpc) is 2.71. The van der Waals surface area contributed by atoms with Crippen LogP contribution in [-0.4, -0.2) is 0 Å². The molecule has 1 saturated carbocycles. The van der Waals surface area contributed by atoms with Crippen LogP contribution in [-0.2, 0) is 17.3 Å². The first-order chi connectivity index (χ1) is 13.9. The average molecular weight is 403 g/mol. The molecule has 2 aromatic carbocycles. The molecule has 1 aliphatic carbocycles. The van der Waals surface area contributed by atoms with Crippen LogP contribution >= 0.6 is 0 Å². The van der Waals surface area contributed by atoms with Crippen molar-refractivity contribution in [1.82, 2.24) is 0 Å². The molecule has 156 valence electrons. The highest BCUT2D eigenvalue weighted by Crippen LogP contribution is 2.45. The summed E-state index contributed by atoms with van der Waals surface area (Å²) < 4.78 is 48.5. The molecule has 1 aliphatic heterocycles. The summed E-state index contributed by atoms with van der Waals surface area (Å²) in [6, 6.07) is 11.1. The Morgan fingerprint density at radius 2 is 1.62 bits per heavy atom. The molecule has 29 heavy (non-hydrogen) atoms. The topological polar surface area (TPSA) is 9.23 Å². The fourth-order valence-electron chi connectivity index (χ4n) is 5.05. The Balaban J connectivity index is 1.49. The van der Waals surface area contributed by atoms with E-state index in [1.165, 1.54) is 51.0 Å². The summed E-state index contributed by atoms with van der Waals surface area (Å²) in [5.41, 5.74) is 1.94. The molecule has 0 amide bonds. The van der Waals surface area contributed by atoms with E-state index < -0.39 is 23.6 Å². The Morgan fingerprint density at radius 1 is 0.966 bits per heavy atom. The van der Waals surface area contributed by atoms with Gasteiger partial charge >= 0.3 is 6.11 Å². The fraction of sp³-hybridized carbons (Fsp3) is 0.520. The molecule has 0 bridgehead atoms. The zero-order chi connectivity index (χ0) is 20.6. The lowest BCUT2D eigenvalue weighted by Gasteiger charge is -2.33. The zero-order valence-corrected chi connectivity index (χ0v) is 17.2. The van der Waals surface area contributed by atoms with Crippen LogP contribution in [0.1, 0.15) is 85.3 Å². The van der Waals surface area contributed by atoms with Gasteiger partial charge in [-0.05, 0) is 66.7 Å². The van der Waals surface area contributed by atoms with Gasteiger partial charge in [0, 0.05) is 6.42 Å². The fourth-order valence-corrected chi connectivity index (χ4v) is 5.05. The molecule has 1 nitrogen and oxygen atoms in total. The van der Waals surface area contributed by atoms with Gasteiger partial charge in [-0.15, -0.1) is 0 Å². The van der Waals surface area contributed by atoms with Gasteiger partial charge in [-0.25, -0.2) is 4.39 Å². The van der Waals surface area contributed by atoms with E-state index >= 15 is 0 Å². The standard InChI is InChI=1S/C25H29F3O/c1-3-4-17-6-9-18(10-7-17)19-11-13-20(14-12-19)22-15-21-8-5-16(2)24(26)23(21)25(27,28)29-22/h5,8,11-14,17-18,22H,3-4,6-7,9-10,15H2,1-2H3. The second kappa shape index (κ2) is 8.14. The summed E-state index contributed by atoms with van der Waals surface area (Å²) in [4.78, 5) is 0. The van der Waals surface area contributed by atoms with Crippen molar-refractivity contribution >= 4 is 0 Å². The summed E-state index contributed by atoms with van der Waals surface area (Å²) in [6.45, 7) is 3.74. The minimum Gasteiger partial charge on any atom is -0.308 e. The molecule has 2 aromatic rings. The van der Waals surface area contributed by atoms with Crippen molar-refractivity contribution in [2.45, 2.75) is 76.9 Å². The lowest BCUT2D eigenvalue weighted by Crippen LogP contribution is -2.31. The van der Waals surface area contributed by atoms with Crippen molar-refractivity contribution in [3.8, 4) is 0 Å². The van der Waals surface area contributed by atoms with Crippen LogP contribution in [0.25, 0.3) is 0 Å². The van der Waals surface area contributed by atoms with E-state index in [0.29, 0.717) is 11.5 Å². The van der Waals surface area contributed by atoms with Crippen LogP contribution in [0.5, 0.6) is 0 Å². The number of hydrogen-bond donors (Lipinski definition) is 0. The van der Waals surface area contributed by atoms with Crippen LogP contribution in [0.4, 0.5) is 13.2 Å². The van der Waals surface area contributed by atoms with Crippen molar-refractivity contribution in [3.05, 3.63) is 70.0 Å². The third-order valence-electron chi connectivity index (χ3n) is 6.73. The summed E-state index contributed by atoms with van der Waals surface area (Å²) in [5.74, 6) is 0.557. The van der Waals surface area contributed by atoms with Gasteiger partial charge in [0.25, 0.3) is 0 Å². The molecule has 1 fully saturated rings. The Kier molecular flexibility index (Phi) is 5.74. The van der Waals surface area contributed by atoms with E-state index in [4.69, 9.17) is 4.74 Å². The van der Waals surface area contributed by atoms with Gasteiger partial charge in [0.1, 0.15) is 5.82 Å². The number of hydrogen-bond acceptors (Lipinski definition) is 1. The molecule has 0 radical (unpaired) electrons. The van der Waals surface area contributed by atoms with Gasteiger partial charge in [0.05, 0.1) is 11.7 Å². The monoisotopic (exact) mass is 402 g/mol.